The second-order valence-electron chi connectivity index (χ2n) is 7.54. The van der Waals surface area contributed by atoms with Crippen molar-refractivity contribution in [2.24, 2.45) is 0 Å². The second-order valence-corrected chi connectivity index (χ2v) is 7.54. The molecule has 0 aliphatic carbocycles. The van der Waals surface area contributed by atoms with Gasteiger partial charge in [-0.15, -0.1) is 0 Å². The van der Waals surface area contributed by atoms with Crippen LogP contribution in [0.1, 0.15) is 18.9 Å². The molecule has 2 amide bonds. The average Bonchev–Trinajstić information content (AvgIpc) is 2.94. The molecule has 32 heavy (non-hydrogen) atoms. The molecule has 4 rings (SSSR count). The number of amides is 2. The highest BCUT2D eigenvalue weighted by molar-refractivity contribution is 6.03. The van der Waals surface area contributed by atoms with Crippen molar-refractivity contribution in [1.82, 2.24) is 15.0 Å². The lowest BCUT2D eigenvalue weighted by atomic mass is 10.1. The van der Waals surface area contributed by atoms with E-state index in [4.69, 9.17) is 9.72 Å². The number of rotatable bonds is 3. The fraction of sp³-hybridized carbons (Fsp3) is 0.261. The lowest BCUT2D eigenvalue weighted by Crippen LogP contribution is -2.42. The molecule has 1 aliphatic heterocycles. The van der Waals surface area contributed by atoms with E-state index < -0.39 is 0 Å². The van der Waals surface area contributed by atoms with Gasteiger partial charge in [-0.2, -0.15) is 10.2 Å². The van der Waals surface area contributed by atoms with Crippen molar-refractivity contribution in [1.29, 1.82) is 5.26 Å². The number of methoxy groups -OCH3 is 1. The topological polar surface area (TPSA) is 107 Å². The summed E-state index contributed by atoms with van der Waals surface area (Å²) in [5, 5.41) is 12.1. The number of nitriles is 1. The van der Waals surface area contributed by atoms with Gasteiger partial charge in [0.1, 0.15) is 0 Å². The summed E-state index contributed by atoms with van der Waals surface area (Å²) < 4.78 is 5.10. The summed E-state index contributed by atoms with van der Waals surface area (Å²) in [5.74, 6) is 1.15. The van der Waals surface area contributed by atoms with Gasteiger partial charge in [-0.05, 0) is 37.6 Å². The van der Waals surface area contributed by atoms with E-state index in [2.05, 4.69) is 26.3 Å². The number of fused-ring (bicyclic) bond motifs is 1. The predicted molar refractivity (Wildman–Crippen MR) is 122 cm³/mol. The second kappa shape index (κ2) is 8.89. The van der Waals surface area contributed by atoms with Gasteiger partial charge in [0.05, 0.1) is 42.5 Å². The lowest BCUT2D eigenvalue weighted by Gasteiger charge is -2.27. The maximum atomic E-state index is 13.4. The number of hydrogen-bond donors (Lipinski definition) is 1. The Bertz CT molecular complexity index is 1190. The third-order valence-electron chi connectivity index (χ3n) is 5.38. The summed E-state index contributed by atoms with van der Waals surface area (Å²) in [6.07, 6.45) is 3.70. The Morgan fingerprint density at radius 1 is 1.25 bits per heavy atom. The molecule has 0 saturated heterocycles. The van der Waals surface area contributed by atoms with Crippen LogP contribution in [0.5, 0.6) is 5.88 Å². The Balaban J connectivity index is 1.75. The van der Waals surface area contributed by atoms with Crippen molar-refractivity contribution < 1.29 is 9.53 Å². The Morgan fingerprint density at radius 2 is 2.09 bits per heavy atom. The van der Waals surface area contributed by atoms with Gasteiger partial charge in [0.25, 0.3) is 0 Å². The molecule has 0 radical (unpaired) electrons. The number of nitrogens with one attached hydrogen (secondary N) is 1. The Hall–Kier alpha value is -4.19. The van der Waals surface area contributed by atoms with Crippen molar-refractivity contribution in [3.63, 3.8) is 0 Å². The molecule has 0 spiro atoms. The number of carbonyl (C=O) groups is 1. The first-order valence-corrected chi connectivity index (χ1v) is 10.2. The molecule has 3 heterocycles. The lowest BCUT2D eigenvalue weighted by molar-refractivity contribution is 0.254. The molecule has 0 saturated carbocycles. The minimum Gasteiger partial charge on any atom is -0.480 e. The van der Waals surface area contributed by atoms with Gasteiger partial charge in [-0.25, -0.2) is 9.78 Å². The quantitative estimate of drug-likeness (QED) is 0.677. The Labute approximate surface area is 186 Å². The number of pyridine rings is 1. The number of carbonyl (C=O) groups excluding carboxylic acids is 1. The van der Waals surface area contributed by atoms with Crippen LogP contribution >= 0.6 is 0 Å². The zero-order chi connectivity index (χ0) is 22.7. The normalized spacial score (nSPS) is 15.4. The summed E-state index contributed by atoms with van der Waals surface area (Å²) in [5.41, 5.74) is 2.89. The maximum absolute atomic E-state index is 13.4. The zero-order valence-corrected chi connectivity index (χ0v) is 18.1. The highest BCUT2D eigenvalue weighted by Crippen LogP contribution is 2.35. The van der Waals surface area contributed by atoms with E-state index in [1.807, 2.05) is 38.2 Å². The average molecular weight is 429 g/mol. The van der Waals surface area contributed by atoms with E-state index in [1.165, 1.54) is 19.5 Å². The van der Waals surface area contributed by atoms with E-state index >= 15 is 0 Å². The smallest absolute Gasteiger partial charge is 0.329 e. The summed E-state index contributed by atoms with van der Waals surface area (Å²) in [6, 6.07) is 12.8. The highest BCUT2D eigenvalue weighted by Gasteiger charge is 2.30. The van der Waals surface area contributed by atoms with Crippen molar-refractivity contribution >= 4 is 23.4 Å². The van der Waals surface area contributed by atoms with Gasteiger partial charge in [-0.3, -0.25) is 15.2 Å². The zero-order valence-electron chi connectivity index (χ0n) is 18.1. The number of aromatic nitrogens is 3. The standard InChI is InChI=1S/C23H23N7O2/c1-15-9-10-29(2)19-8-7-18(17-6-4-5-16(11-17)12-24)26-22(19)30(15)23(31)28-20-13-25-14-21(27-20)32-3/h4-8,11,13-15H,9-10H2,1-3H3,(H,27,28,31)/t15-/m1/s1. The predicted octanol–water partition coefficient (Wildman–Crippen LogP) is 3.69. The minimum atomic E-state index is -0.355. The molecule has 1 N–H and O–H groups in total. The Morgan fingerprint density at radius 3 is 2.88 bits per heavy atom. The van der Waals surface area contributed by atoms with Crippen LogP contribution in [0.25, 0.3) is 11.3 Å². The highest BCUT2D eigenvalue weighted by atomic mass is 16.5. The number of urea groups is 1. The monoisotopic (exact) mass is 429 g/mol. The molecule has 3 aromatic rings. The molecule has 162 valence electrons. The van der Waals surface area contributed by atoms with Crippen molar-refractivity contribution in [2.45, 2.75) is 19.4 Å². The SMILES string of the molecule is COc1cncc(NC(=O)N2c3nc(-c4cccc(C#N)c4)ccc3N(C)CC[C@H]2C)n1. The first kappa shape index (κ1) is 21.1. The molecule has 0 fully saturated rings. The van der Waals surface area contributed by atoms with Gasteiger partial charge in [0.2, 0.25) is 5.88 Å². The van der Waals surface area contributed by atoms with Gasteiger partial charge >= 0.3 is 6.03 Å². The molecule has 0 bridgehead atoms. The molecule has 1 aliphatic rings. The number of hydrogen-bond acceptors (Lipinski definition) is 7. The van der Waals surface area contributed by atoms with Gasteiger partial charge in [0.15, 0.2) is 11.6 Å². The number of anilines is 3. The van der Waals surface area contributed by atoms with Crippen molar-refractivity contribution in [3.8, 4) is 23.2 Å². The van der Waals surface area contributed by atoms with E-state index in [1.54, 1.807) is 17.0 Å². The van der Waals surface area contributed by atoms with Crippen molar-refractivity contribution in [2.75, 3.05) is 35.8 Å². The minimum absolute atomic E-state index is 0.106. The molecular formula is C23H23N7O2. The molecule has 0 unspecified atom stereocenters. The van der Waals surface area contributed by atoms with Crippen LogP contribution in [-0.4, -0.2) is 47.7 Å². The fourth-order valence-electron chi connectivity index (χ4n) is 3.64. The number of benzene rings is 1. The van der Waals surface area contributed by atoms with Crippen LogP contribution < -0.4 is 19.9 Å². The molecule has 9 nitrogen and oxygen atoms in total. The maximum Gasteiger partial charge on any atom is 0.329 e. The van der Waals surface area contributed by atoms with Crippen LogP contribution in [-0.2, 0) is 0 Å². The first-order chi connectivity index (χ1) is 15.5. The van der Waals surface area contributed by atoms with Gasteiger partial charge in [-0.1, -0.05) is 12.1 Å². The van der Waals surface area contributed by atoms with E-state index in [-0.39, 0.29) is 12.1 Å². The van der Waals surface area contributed by atoms with Crippen LogP contribution in [0, 0.1) is 11.3 Å². The largest absolute Gasteiger partial charge is 0.480 e. The number of nitrogens with zero attached hydrogens (tertiary/aromatic N) is 6. The third-order valence-corrected chi connectivity index (χ3v) is 5.38. The van der Waals surface area contributed by atoms with E-state index in [9.17, 15) is 10.1 Å². The van der Waals surface area contributed by atoms with Crippen molar-refractivity contribution in [3.05, 3.63) is 54.4 Å². The van der Waals surface area contributed by atoms with Crippen LogP contribution in [0.4, 0.5) is 22.1 Å². The molecule has 9 heteroatoms. The van der Waals surface area contributed by atoms with Gasteiger partial charge < -0.3 is 9.64 Å². The number of ether oxygens (including phenoxy) is 1. The Kier molecular flexibility index (Phi) is 5.85. The molecule has 1 aromatic carbocycles. The van der Waals surface area contributed by atoms with E-state index in [0.717, 1.165) is 24.2 Å². The summed E-state index contributed by atoms with van der Waals surface area (Å²) in [4.78, 5) is 30.2. The summed E-state index contributed by atoms with van der Waals surface area (Å²) in [7, 11) is 3.48. The summed E-state index contributed by atoms with van der Waals surface area (Å²) in [6.45, 7) is 2.77. The van der Waals surface area contributed by atoms with Gasteiger partial charge in [0, 0.05) is 25.2 Å². The first-order valence-electron chi connectivity index (χ1n) is 10.2. The van der Waals surface area contributed by atoms with Crippen LogP contribution in [0.2, 0.25) is 0 Å². The van der Waals surface area contributed by atoms with Crippen LogP contribution in [0.3, 0.4) is 0 Å². The molecule has 1 atom stereocenters. The van der Waals surface area contributed by atoms with Crippen LogP contribution in [0.15, 0.2) is 48.8 Å². The summed E-state index contributed by atoms with van der Waals surface area (Å²) >= 11 is 0. The fourth-order valence-corrected chi connectivity index (χ4v) is 3.64. The van der Waals surface area contributed by atoms with E-state index in [0.29, 0.717) is 28.8 Å². The third kappa shape index (κ3) is 4.16. The molecule has 2 aromatic heterocycles. The molecular weight excluding hydrogens is 406 g/mol.